The number of nitrogens with one attached hydrogen (secondary N) is 1. The average molecular weight is 534 g/mol. The van der Waals surface area contributed by atoms with E-state index in [0.29, 0.717) is 22.5 Å². The Morgan fingerprint density at radius 2 is 1.76 bits per heavy atom. The third kappa shape index (κ3) is 6.31. The van der Waals surface area contributed by atoms with Gasteiger partial charge in [0.25, 0.3) is 0 Å². The summed E-state index contributed by atoms with van der Waals surface area (Å²) in [6.45, 7) is 4.00. The van der Waals surface area contributed by atoms with Gasteiger partial charge in [-0.3, -0.25) is 4.98 Å². The normalized spacial score (nSPS) is 14.1. The molecule has 0 spiro atoms. The molecule has 10 heteroatoms. The van der Waals surface area contributed by atoms with E-state index >= 15 is 0 Å². The minimum absolute atomic E-state index is 0.00571. The number of quaternary nitrogens is 1. The van der Waals surface area contributed by atoms with E-state index < -0.39 is 9.98 Å². The van der Waals surface area contributed by atoms with Crippen molar-refractivity contribution in [3.63, 3.8) is 0 Å². The van der Waals surface area contributed by atoms with E-state index in [1.54, 1.807) is 6.07 Å². The number of hydrogen-bond donors (Lipinski definition) is 3. The predicted octanol–water partition coefficient (Wildman–Crippen LogP) is 6.65. The molecule has 196 valence electrons. The standard InChI is InChI=1S/C26H24FN6O2S.C2H6/c1-32(20-11-18(14-28)26(22(27)13-20)35-21-8-9-21)19-6-3-16(4-7-19)17-5-10-23-24(12-17)29-15-25(30-23)31-33(2,34)36;1-2/h3-7,10-13,15,21,34,36H,8-9H2,1-2H3,(H,30,31);1-2H3/q+1;. The van der Waals surface area contributed by atoms with Crippen LogP contribution < -0.4 is 15.1 Å². The number of halogens is 1. The van der Waals surface area contributed by atoms with Crippen LogP contribution in [-0.2, 0) is 0 Å². The van der Waals surface area contributed by atoms with Gasteiger partial charge in [-0.25, -0.2) is 9.37 Å². The lowest BCUT2D eigenvalue weighted by atomic mass is 10.0. The van der Waals surface area contributed by atoms with Crippen molar-refractivity contribution < 1.29 is 18.5 Å². The Bertz CT molecular complexity index is 1480. The quantitative estimate of drug-likeness (QED) is 0.139. The molecule has 1 heterocycles. The molecular formula is C28H30FN6O2S+. The van der Waals surface area contributed by atoms with Crippen molar-refractivity contribution in [2.24, 2.45) is 0 Å². The van der Waals surface area contributed by atoms with Gasteiger partial charge in [-0.2, -0.15) is 15.9 Å². The van der Waals surface area contributed by atoms with Crippen LogP contribution in [0, 0.1) is 17.1 Å². The van der Waals surface area contributed by atoms with Crippen LogP contribution in [0.4, 0.5) is 21.6 Å². The van der Waals surface area contributed by atoms with Crippen LogP contribution in [0.15, 0.2) is 60.8 Å². The maximum atomic E-state index is 14.7. The second-order valence-electron chi connectivity index (χ2n) is 8.82. The smallest absolute Gasteiger partial charge is 0.197 e. The molecule has 1 aliphatic carbocycles. The van der Waals surface area contributed by atoms with Gasteiger partial charge >= 0.3 is 0 Å². The first-order valence-corrected chi connectivity index (χ1v) is 12.7. The predicted molar refractivity (Wildman–Crippen MR) is 150 cm³/mol. The van der Waals surface area contributed by atoms with E-state index in [0.717, 1.165) is 29.7 Å². The maximum absolute atomic E-state index is 14.7. The molecule has 38 heavy (non-hydrogen) atoms. The fourth-order valence-corrected chi connectivity index (χ4v) is 3.92. The number of thiol groups is 1. The highest BCUT2D eigenvalue weighted by Crippen LogP contribution is 2.36. The molecule has 1 fully saturated rings. The Hall–Kier alpha value is -3.91. The second kappa shape index (κ2) is 11.2. The molecule has 0 bridgehead atoms. The number of aromatic nitrogens is 2. The lowest BCUT2D eigenvalue weighted by Crippen LogP contribution is -2.35. The Kier molecular flexibility index (Phi) is 8.02. The summed E-state index contributed by atoms with van der Waals surface area (Å²) in [5, 5.41) is 19.2. The number of anilines is 3. The van der Waals surface area contributed by atoms with Crippen molar-refractivity contribution in [3.05, 3.63) is 72.2 Å². The largest absolute Gasteiger partial charge is 0.486 e. The third-order valence-electron chi connectivity index (χ3n) is 5.80. The molecule has 1 atom stereocenters. The highest BCUT2D eigenvalue weighted by molar-refractivity contribution is 7.74. The topological polar surface area (TPSA) is 94.3 Å². The van der Waals surface area contributed by atoms with E-state index in [9.17, 15) is 14.9 Å². The first-order chi connectivity index (χ1) is 18.2. The molecule has 1 aliphatic rings. The van der Waals surface area contributed by atoms with Crippen LogP contribution in [-0.4, -0.2) is 39.5 Å². The Morgan fingerprint density at radius 1 is 1.08 bits per heavy atom. The fourth-order valence-electron chi connectivity index (χ4n) is 3.82. The molecule has 0 amide bonds. The zero-order chi connectivity index (χ0) is 27.4. The van der Waals surface area contributed by atoms with Crippen molar-refractivity contribution in [1.82, 2.24) is 9.97 Å². The van der Waals surface area contributed by atoms with E-state index in [1.165, 1.54) is 19.3 Å². The fraction of sp³-hybridized carbons (Fsp3) is 0.250. The summed E-state index contributed by atoms with van der Waals surface area (Å²) in [6, 6.07) is 18.6. The average Bonchev–Trinajstić information content (AvgIpc) is 3.73. The van der Waals surface area contributed by atoms with E-state index in [-0.39, 0.29) is 17.4 Å². The molecular weight excluding hydrogens is 503 g/mol. The second-order valence-corrected chi connectivity index (χ2v) is 9.60. The molecule has 0 saturated heterocycles. The molecule has 4 aromatic rings. The van der Waals surface area contributed by atoms with Crippen molar-refractivity contribution >= 4 is 41.0 Å². The molecule has 3 aromatic carbocycles. The van der Waals surface area contributed by atoms with Gasteiger partial charge in [-0.05, 0) is 58.5 Å². The molecule has 0 radical (unpaired) electrons. The number of hydroxylamine groups is 1. The number of rotatable bonds is 7. The van der Waals surface area contributed by atoms with Crippen molar-refractivity contribution in [2.75, 3.05) is 24.4 Å². The summed E-state index contributed by atoms with van der Waals surface area (Å²) < 4.78 is 19.6. The zero-order valence-electron chi connectivity index (χ0n) is 21.7. The third-order valence-corrected chi connectivity index (χ3v) is 5.90. The molecule has 1 aromatic heterocycles. The van der Waals surface area contributed by atoms with E-state index in [1.807, 2.05) is 68.3 Å². The van der Waals surface area contributed by atoms with Gasteiger partial charge in [-0.15, -0.1) is 0 Å². The van der Waals surface area contributed by atoms with Gasteiger partial charge < -0.3 is 9.64 Å². The van der Waals surface area contributed by atoms with Crippen molar-refractivity contribution in [1.29, 1.82) is 5.26 Å². The Balaban J connectivity index is 0.00000164. The van der Waals surface area contributed by atoms with E-state index in [4.69, 9.17) is 4.74 Å². The summed E-state index contributed by atoms with van der Waals surface area (Å²) in [5.74, 6) is -0.109. The van der Waals surface area contributed by atoms with Crippen LogP contribution >= 0.6 is 12.8 Å². The zero-order valence-corrected chi connectivity index (χ0v) is 22.6. The van der Waals surface area contributed by atoms with Gasteiger partial charge in [0.2, 0.25) is 0 Å². The van der Waals surface area contributed by atoms with Gasteiger partial charge in [0.15, 0.2) is 17.4 Å². The van der Waals surface area contributed by atoms with Crippen LogP contribution in [0.3, 0.4) is 0 Å². The first kappa shape index (κ1) is 27.1. The minimum atomic E-state index is -0.762. The highest BCUT2D eigenvalue weighted by Gasteiger charge is 2.27. The SMILES string of the molecule is CC.CN(c1ccc(-c2ccc3nc(N[N+](C)(O)S)cnc3c2)cc1)c1cc(F)c(OC2CC2)c(C#N)c1. The Labute approximate surface area is 227 Å². The number of nitrogens with zero attached hydrogens (tertiary/aromatic N) is 5. The Morgan fingerprint density at radius 3 is 2.39 bits per heavy atom. The van der Waals surface area contributed by atoms with Crippen LogP contribution in [0.1, 0.15) is 32.3 Å². The van der Waals surface area contributed by atoms with Gasteiger partial charge in [0.05, 0.1) is 28.9 Å². The summed E-state index contributed by atoms with van der Waals surface area (Å²) in [5.41, 5.74) is 7.61. The van der Waals surface area contributed by atoms with Crippen molar-refractivity contribution in [3.8, 4) is 22.9 Å². The minimum Gasteiger partial charge on any atom is -0.486 e. The summed E-state index contributed by atoms with van der Waals surface area (Å²) in [4.78, 5) is 10.7. The van der Waals surface area contributed by atoms with Crippen LogP contribution in [0.5, 0.6) is 5.75 Å². The number of fused-ring (bicyclic) bond motifs is 1. The van der Waals surface area contributed by atoms with Gasteiger partial charge in [0, 0.05) is 24.5 Å². The lowest BCUT2D eigenvalue weighted by Gasteiger charge is -2.21. The molecule has 5 rings (SSSR count). The molecule has 8 nitrogen and oxygen atoms in total. The molecule has 2 N–H and O–H groups in total. The maximum Gasteiger partial charge on any atom is 0.197 e. The monoisotopic (exact) mass is 533 g/mol. The lowest BCUT2D eigenvalue weighted by molar-refractivity contribution is -0.955. The highest BCUT2D eigenvalue weighted by atomic mass is 32.1. The van der Waals surface area contributed by atoms with Gasteiger partial charge in [-0.1, -0.05) is 32.0 Å². The number of benzene rings is 3. The van der Waals surface area contributed by atoms with Crippen LogP contribution in [0.25, 0.3) is 22.2 Å². The number of ether oxygens (including phenoxy) is 1. The molecule has 0 aliphatic heterocycles. The number of nitriles is 1. The van der Waals surface area contributed by atoms with E-state index in [2.05, 4.69) is 34.3 Å². The van der Waals surface area contributed by atoms with Crippen molar-refractivity contribution in [2.45, 2.75) is 32.8 Å². The number of hydrogen-bond acceptors (Lipinski definition) is 8. The molecule has 1 saturated carbocycles. The summed E-state index contributed by atoms with van der Waals surface area (Å²) in [7, 11) is 3.27. The first-order valence-electron chi connectivity index (χ1n) is 12.3. The summed E-state index contributed by atoms with van der Waals surface area (Å²) >= 11 is 3.98. The van der Waals surface area contributed by atoms with Crippen LogP contribution in [0.2, 0.25) is 0 Å². The van der Waals surface area contributed by atoms with Gasteiger partial charge in [0.1, 0.15) is 25.9 Å². The molecule has 1 unspecified atom stereocenters. The summed E-state index contributed by atoms with van der Waals surface area (Å²) in [6.07, 6.45) is 3.31.